The maximum Gasteiger partial charge on any atom is 0.419 e. The number of fused-ring (bicyclic) bond motifs is 3. The third kappa shape index (κ3) is 4.58. The number of hydrogen-bond donors (Lipinski definition) is 2. The van der Waals surface area contributed by atoms with Crippen LogP contribution in [0.4, 0.5) is 9.18 Å². The first kappa shape index (κ1) is 22.9. The Balaban J connectivity index is 1.91. The summed E-state index contributed by atoms with van der Waals surface area (Å²) in [4.78, 5) is 52.7. The predicted molar refractivity (Wildman–Crippen MR) is 113 cm³/mol. The third-order valence-corrected chi connectivity index (χ3v) is 4.96. The fourth-order valence-electron chi connectivity index (χ4n) is 3.43. The molecule has 10 heteroatoms. The van der Waals surface area contributed by atoms with Crippen LogP contribution >= 0.6 is 0 Å². The number of benzene rings is 1. The van der Waals surface area contributed by atoms with Gasteiger partial charge in [-0.2, -0.15) is 0 Å². The molecule has 0 radical (unpaired) electrons. The van der Waals surface area contributed by atoms with E-state index in [-0.39, 0.29) is 0 Å². The van der Waals surface area contributed by atoms with E-state index in [0.29, 0.717) is 11.0 Å². The van der Waals surface area contributed by atoms with E-state index < -0.39 is 54.9 Å². The van der Waals surface area contributed by atoms with E-state index in [4.69, 9.17) is 9.84 Å². The highest BCUT2D eigenvalue weighted by molar-refractivity contribution is 6.12. The Morgan fingerprint density at radius 2 is 1.81 bits per heavy atom. The number of ether oxygens (including phenoxy) is 1. The lowest BCUT2D eigenvalue weighted by molar-refractivity contribution is -0.141. The van der Waals surface area contributed by atoms with Gasteiger partial charge < -0.3 is 15.2 Å². The zero-order chi connectivity index (χ0) is 23.4. The molecule has 168 valence electrons. The number of aliphatic carboxylic acids is 1. The Labute approximate surface area is 182 Å². The number of carboxylic acids is 1. The number of amides is 1. The van der Waals surface area contributed by atoms with E-state index in [1.54, 1.807) is 38.2 Å². The molecule has 32 heavy (non-hydrogen) atoms. The molecule has 0 aliphatic heterocycles. The SMILES string of the molecule is CC(C)C(OC(=O)n1c2ccccc2c2cnccc21)C(=O)NC(CC(=O)O)C(=O)CF. The molecule has 2 heterocycles. The van der Waals surface area contributed by atoms with Crippen molar-refractivity contribution in [3.05, 3.63) is 42.7 Å². The number of carbonyl (C=O) groups excluding carboxylic acids is 3. The molecule has 3 rings (SSSR count). The number of aromatic nitrogens is 2. The molecule has 0 saturated heterocycles. The molecule has 0 spiro atoms. The second kappa shape index (κ2) is 9.54. The topological polar surface area (TPSA) is 128 Å². The summed E-state index contributed by atoms with van der Waals surface area (Å²) in [5.41, 5.74) is 1.09. The summed E-state index contributed by atoms with van der Waals surface area (Å²) in [6, 6.07) is 7.20. The number of ketones is 1. The van der Waals surface area contributed by atoms with Crippen molar-refractivity contribution in [2.24, 2.45) is 5.92 Å². The van der Waals surface area contributed by atoms with Crippen molar-refractivity contribution < 1.29 is 33.4 Å². The van der Waals surface area contributed by atoms with Crippen LogP contribution in [0.5, 0.6) is 0 Å². The van der Waals surface area contributed by atoms with Crippen LogP contribution in [0.3, 0.4) is 0 Å². The molecular weight excluding hydrogens is 421 g/mol. The molecular formula is C22H22FN3O6. The highest BCUT2D eigenvalue weighted by atomic mass is 19.1. The number of carboxylic acid groups (broad SMARTS) is 1. The van der Waals surface area contributed by atoms with Crippen LogP contribution in [0.1, 0.15) is 20.3 Å². The van der Waals surface area contributed by atoms with Crippen LogP contribution in [0.25, 0.3) is 21.8 Å². The monoisotopic (exact) mass is 443 g/mol. The quantitative estimate of drug-likeness (QED) is 0.548. The van der Waals surface area contributed by atoms with Gasteiger partial charge in [-0.1, -0.05) is 32.0 Å². The number of hydrogen-bond acceptors (Lipinski definition) is 6. The molecule has 0 saturated carbocycles. The second-order valence-corrected chi connectivity index (χ2v) is 7.55. The largest absolute Gasteiger partial charge is 0.481 e. The molecule has 2 aromatic heterocycles. The Morgan fingerprint density at radius 1 is 1.12 bits per heavy atom. The Morgan fingerprint density at radius 3 is 2.47 bits per heavy atom. The Kier molecular flexibility index (Phi) is 6.82. The Bertz CT molecular complexity index is 1140. The highest BCUT2D eigenvalue weighted by Gasteiger charge is 2.32. The van der Waals surface area contributed by atoms with Crippen molar-refractivity contribution >= 4 is 45.6 Å². The van der Waals surface area contributed by atoms with Crippen molar-refractivity contribution in [3.63, 3.8) is 0 Å². The van der Waals surface area contributed by atoms with Gasteiger partial charge in [0.25, 0.3) is 5.91 Å². The number of Topliss-reactive ketones (excluding diaryl/α,β-unsaturated/α-hetero) is 1. The van der Waals surface area contributed by atoms with E-state index in [9.17, 15) is 23.6 Å². The van der Waals surface area contributed by atoms with Crippen LogP contribution < -0.4 is 5.32 Å². The molecule has 0 bridgehead atoms. The molecule has 0 aliphatic carbocycles. The van der Waals surface area contributed by atoms with E-state index in [0.717, 1.165) is 10.8 Å². The molecule has 0 fully saturated rings. The summed E-state index contributed by atoms with van der Waals surface area (Å²) in [6.45, 7) is 1.81. The normalized spacial score (nSPS) is 13.1. The fraction of sp³-hybridized carbons (Fsp3) is 0.318. The Hall–Kier alpha value is -3.82. The molecule has 0 aliphatic rings. The zero-order valence-corrected chi connectivity index (χ0v) is 17.4. The van der Waals surface area contributed by atoms with Crippen LogP contribution in [0.2, 0.25) is 0 Å². The summed E-state index contributed by atoms with van der Waals surface area (Å²) < 4.78 is 19.6. The average molecular weight is 443 g/mol. The van der Waals surface area contributed by atoms with Gasteiger partial charge >= 0.3 is 12.1 Å². The second-order valence-electron chi connectivity index (χ2n) is 7.55. The van der Waals surface area contributed by atoms with Crippen LogP contribution in [-0.4, -0.2) is 57.2 Å². The zero-order valence-electron chi connectivity index (χ0n) is 17.4. The number of nitrogens with zero attached hydrogens (tertiary/aromatic N) is 2. The maximum atomic E-state index is 13.1. The van der Waals surface area contributed by atoms with Crippen LogP contribution in [-0.2, 0) is 19.1 Å². The lowest BCUT2D eigenvalue weighted by Gasteiger charge is -2.23. The number of alkyl halides is 1. The summed E-state index contributed by atoms with van der Waals surface area (Å²) in [6.07, 6.45) is 0.184. The lowest BCUT2D eigenvalue weighted by Crippen LogP contribution is -2.49. The third-order valence-electron chi connectivity index (χ3n) is 4.96. The summed E-state index contributed by atoms with van der Waals surface area (Å²) in [5, 5.41) is 12.6. The number of carbonyl (C=O) groups is 4. The highest BCUT2D eigenvalue weighted by Crippen LogP contribution is 2.28. The van der Waals surface area contributed by atoms with Gasteiger partial charge in [0.15, 0.2) is 11.9 Å². The maximum absolute atomic E-state index is 13.1. The van der Waals surface area contributed by atoms with Crippen LogP contribution in [0.15, 0.2) is 42.7 Å². The first-order chi connectivity index (χ1) is 15.2. The smallest absolute Gasteiger partial charge is 0.419 e. The van der Waals surface area contributed by atoms with Gasteiger partial charge in [-0.25, -0.2) is 13.8 Å². The number of halogens is 1. The minimum absolute atomic E-state index is 0.514. The van der Waals surface area contributed by atoms with Gasteiger partial charge in [-0.3, -0.25) is 19.4 Å². The predicted octanol–water partition coefficient (Wildman–Crippen LogP) is 2.70. The minimum atomic E-state index is -1.57. The van der Waals surface area contributed by atoms with E-state index >= 15 is 0 Å². The molecule has 1 aromatic carbocycles. The van der Waals surface area contributed by atoms with Crippen molar-refractivity contribution in [2.45, 2.75) is 32.4 Å². The molecule has 1 amide bonds. The summed E-state index contributed by atoms with van der Waals surface area (Å²) >= 11 is 0. The minimum Gasteiger partial charge on any atom is -0.481 e. The number of nitrogens with one attached hydrogen (secondary N) is 1. The van der Waals surface area contributed by atoms with E-state index in [1.807, 2.05) is 12.1 Å². The first-order valence-electron chi connectivity index (χ1n) is 9.89. The van der Waals surface area contributed by atoms with Gasteiger partial charge in [0.1, 0.15) is 12.7 Å². The molecule has 2 unspecified atom stereocenters. The van der Waals surface area contributed by atoms with Gasteiger partial charge in [0, 0.05) is 23.2 Å². The molecule has 2 atom stereocenters. The van der Waals surface area contributed by atoms with Crippen molar-refractivity contribution in [1.82, 2.24) is 14.9 Å². The average Bonchev–Trinajstić information content (AvgIpc) is 3.10. The van der Waals surface area contributed by atoms with Crippen molar-refractivity contribution in [3.8, 4) is 0 Å². The molecule has 9 nitrogen and oxygen atoms in total. The summed E-state index contributed by atoms with van der Waals surface area (Å²) in [7, 11) is 0. The van der Waals surface area contributed by atoms with Gasteiger partial charge in [0.2, 0.25) is 0 Å². The standard InChI is InChI=1S/C22H22FN3O6/c1-12(2)20(21(30)25-15(9-19(28)29)18(27)10-23)32-22(31)26-16-6-4-3-5-13(16)14-11-24-8-7-17(14)26/h3-8,11-12,15,20H,9-10H2,1-2H3,(H,25,30)(H,28,29). The summed E-state index contributed by atoms with van der Waals surface area (Å²) in [5.74, 6) is -3.86. The van der Waals surface area contributed by atoms with Gasteiger partial charge in [-0.05, 0) is 18.1 Å². The van der Waals surface area contributed by atoms with Crippen LogP contribution in [0, 0.1) is 5.92 Å². The molecule has 2 N–H and O–H groups in total. The number of pyridine rings is 1. The lowest BCUT2D eigenvalue weighted by atomic mass is 10.0. The van der Waals surface area contributed by atoms with Crippen molar-refractivity contribution in [2.75, 3.05) is 6.67 Å². The van der Waals surface area contributed by atoms with Gasteiger partial charge in [-0.15, -0.1) is 0 Å². The number of rotatable bonds is 8. The number of para-hydroxylation sites is 1. The molecule has 3 aromatic rings. The van der Waals surface area contributed by atoms with E-state index in [2.05, 4.69) is 10.3 Å². The fourth-order valence-corrected chi connectivity index (χ4v) is 3.43. The van der Waals surface area contributed by atoms with Gasteiger partial charge in [0.05, 0.1) is 17.5 Å². The van der Waals surface area contributed by atoms with E-state index in [1.165, 1.54) is 10.8 Å². The first-order valence-corrected chi connectivity index (χ1v) is 9.89. The van der Waals surface area contributed by atoms with Crippen molar-refractivity contribution in [1.29, 1.82) is 0 Å².